The van der Waals surface area contributed by atoms with E-state index in [1.54, 1.807) is 0 Å². The third-order valence-electron chi connectivity index (χ3n) is 3.40. The van der Waals surface area contributed by atoms with Gasteiger partial charge in [-0.05, 0) is 19.8 Å². The van der Waals surface area contributed by atoms with Gasteiger partial charge in [-0.1, -0.05) is 13.3 Å². The Labute approximate surface area is 93.7 Å². The Morgan fingerprint density at radius 2 is 2.47 bits per heavy atom. The molecule has 4 heteroatoms. The summed E-state index contributed by atoms with van der Waals surface area (Å²) in [6.07, 6.45) is 2.89. The smallest absolute Gasteiger partial charge is 0.189 e. The van der Waals surface area contributed by atoms with Gasteiger partial charge in [-0.3, -0.25) is 4.79 Å². The lowest BCUT2D eigenvalue weighted by Gasteiger charge is -2.26. The molecule has 0 aromatic carbocycles. The average molecular weight is 224 g/mol. The zero-order valence-corrected chi connectivity index (χ0v) is 9.93. The van der Waals surface area contributed by atoms with Crippen LogP contribution >= 0.6 is 11.3 Å². The molecule has 0 spiro atoms. The normalized spacial score (nSPS) is 30.7. The quantitative estimate of drug-likeness (QED) is 0.783. The van der Waals surface area contributed by atoms with Crippen LogP contribution in [0.4, 0.5) is 0 Å². The zero-order valence-electron chi connectivity index (χ0n) is 9.12. The highest BCUT2D eigenvalue weighted by molar-refractivity contribution is 7.09. The number of aromatic nitrogens is 1. The molecule has 0 amide bonds. The topological polar surface area (TPSA) is 56.0 Å². The highest BCUT2D eigenvalue weighted by Crippen LogP contribution is 2.39. The number of carbonyl (C=O) groups excluding carboxylic acids is 1. The molecular weight excluding hydrogens is 208 g/mol. The van der Waals surface area contributed by atoms with Gasteiger partial charge in [0, 0.05) is 16.8 Å². The number of ketones is 1. The van der Waals surface area contributed by atoms with Crippen LogP contribution in [0.15, 0.2) is 5.38 Å². The van der Waals surface area contributed by atoms with E-state index in [9.17, 15) is 4.79 Å². The van der Waals surface area contributed by atoms with Crippen molar-refractivity contribution in [1.29, 1.82) is 0 Å². The van der Waals surface area contributed by atoms with E-state index in [-0.39, 0.29) is 17.2 Å². The van der Waals surface area contributed by atoms with Crippen molar-refractivity contribution >= 4 is 17.1 Å². The van der Waals surface area contributed by atoms with Gasteiger partial charge in [0.05, 0.1) is 5.01 Å². The molecule has 1 aromatic rings. The standard InChI is InChI=1S/C11H16N2OS/c1-7-13-8(6-15-7)10(14)11(2)5-3-4-9(11)12/h6,9H,3-5,12H2,1-2H3. The molecule has 2 N–H and O–H groups in total. The molecule has 1 heterocycles. The van der Waals surface area contributed by atoms with Crippen molar-refractivity contribution in [3.05, 3.63) is 16.1 Å². The lowest BCUT2D eigenvalue weighted by molar-refractivity contribution is 0.0797. The second kappa shape index (κ2) is 3.68. The number of nitrogens with two attached hydrogens (primary N) is 1. The molecule has 0 saturated heterocycles. The molecule has 1 aliphatic carbocycles. The second-order valence-electron chi connectivity index (χ2n) is 4.50. The van der Waals surface area contributed by atoms with E-state index in [1.807, 2.05) is 19.2 Å². The summed E-state index contributed by atoms with van der Waals surface area (Å²) < 4.78 is 0. The number of carbonyl (C=O) groups is 1. The summed E-state index contributed by atoms with van der Waals surface area (Å²) in [6.45, 7) is 3.89. The Hall–Kier alpha value is -0.740. The Morgan fingerprint density at radius 1 is 1.73 bits per heavy atom. The minimum Gasteiger partial charge on any atom is -0.327 e. The van der Waals surface area contributed by atoms with Crippen LogP contribution in [-0.2, 0) is 0 Å². The Bertz CT molecular complexity index is 388. The first-order valence-electron chi connectivity index (χ1n) is 5.26. The highest BCUT2D eigenvalue weighted by Gasteiger charge is 2.43. The van der Waals surface area contributed by atoms with Crippen molar-refractivity contribution in [3.63, 3.8) is 0 Å². The van der Waals surface area contributed by atoms with E-state index >= 15 is 0 Å². The fourth-order valence-corrected chi connectivity index (χ4v) is 2.83. The average Bonchev–Trinajstić information content (AvgIpc) is 2.75. The Morgan fingerprint density at radius 3 is 2.93 bits per heavy atom. The molecule has 1 fully saturated rings. The fourth-order valence-electron chi connectivity index (χ4n) is 2.24. The number of thiazole rings is 1. The maximum Gasteiger partial charge on any atom is 0.189 e. The number of hydrogen-bond donors (Lipinski definition) is 1. The van der Waals surface area contributed by atoms with Gasteiger partial charge in [0.2, 0.25) is 0 Å². The van der Waals surface area contributed by atoms with Gasteiger partial charge < -0.3 is 5.73 Å². The molecule has 1 aliphatic rings. The molecule has 1 saturated carbocycles. The van der Waals surface area contributed by atoms with E-state index < -0.39 is 0 Å². The van der Waals surface area contributed by atoms with Gasteiger partial charge >= 0.3 is 0 Å². The lowest BCUT2D eigenvalue weighted by Crippen LogP contribution is -2.41. The van der Waals surface area contributed by atoms with Gasteiger partial charge in [0.1, 0.15) is 5.69 Å². The number of aryl methyl sites for hydroxylation is 1. The molecule has 2 atom stereocenters. The Kier molecular flexibility index (Phi) is 2.64. The second-order valence-corrected chi connectivity index (χ2v) is 5.56. The van der Waals surface area contributed by atoms with E-state index in [1.165, 1.54) is 11.3 Å². The van der Waals surface area contributed by atoms with Crippen molar-refractivity contribution in [3.8, 4) is 0 Å². The van der Waals surface area contributed by atoms with Crippen LogP contribution in [0, 0.1) is 12.3 Å². The van der Waals surface area contributed by atoms with Gasteiger partial charge in [0.15, 0.2) is 5.78 Å². The molecule has 2 rings (SSSR count). The number of Topliss-reactive ketones (excluding diaryl/α,β-unsaturated/α-hetero) is 1. The summed E-state index contributed by atoms with van der Waals surface area (Å²) in [6, 6.07) is -0.00740. The van der Waals surface area contributed by atoms with Crippen LogP contribution in [0.3, 0.4) is 0 Å². The summed E-state index contributed by atoms with van der Waals surface area (Å²) in [7, 11) is 0. The first-order chi connectivity index (χ1) is 7.04. The predicted molar refractivity (Wildman–Crippen MR) is 61.1 cm³/mol. The van der Waals surface area contributed by atoms with Crippen molar-refractivity contribution in [2.24, 2.45) is 11.1 Å². The van der Waals surface area contributed by atoms with Gasteiger partial charge in [-0.2, -0.15) is 0 Å². The van der Waals surface area contributed by atoms with E-state index in [0.717, 1.165) is 24.3 Å². The SMILES string of the molecule is Cc1nc(C(=O)C2(C)CCCC2N)cs1. The number of hydrogen-bond acceptors (Lipinski definition) is 4. The molecule has 15 heavy (non-hydrogen) atoms. The largest absolute Gasteiger partial charge is 0.327 e. The van der Waals surface area contributed by atoms with Crippen LogP contribution in [0.2, 0.25) is 0 Å². The summed E-state index contributed by atoms with van der Waals surface area (Å²) >= 11 is 1.52. The number of rotatable bonds is 2. The molecule has 2 unspecified atom stereocenters. The third-order valence-corrected chi connectivity index (χ3v) is 4.17. The number of nitrogens with zero attached hydrogens (tertiary/aromatic N) is 1. The molecule has 0 bridgehead atoms. The highest BCUT2D eigenvalue weighted by atomic mass is 32.1. The zero-order chi connectivity index (χ0) is 11.1. The molecule has 1 aromatic heterocycles. The molecule has 82 valence electrons. The van der Waals surface area contributed by atoms with Crippen LogP contribution in [0.25, 0.3) is 0 Å². The molecule has 0 aliphatic heterocycles. The maximum atomic E-state index is 12.3. The Balaban J connectivity index is 2.28. The minimum atomic E-state index is -0.388. The molecule has 0 radical (unpaired) electrons. The van der Waals surface area contributed by atoms with Crippen molar-refractivity contribution in [2.75, 3.05) is 0 Å². The van der Waals surface area contributed by atoms with E-state index in [2.05, 4.69) is 4.98 Å². The van der Waals surface area contributed by atoms with E-state index in [0.29, 0.717) is 5.69 Å². The van der Waals surface area contributed by atoms with Crippen molar-refractivity contribution in [2.45, 2.75) is 39.2 Å². The van der Waals surface area contributed by atoms with E-state index in [4.69, 9.17) is 5.73 Å². The van der Waals surface area contributed by atoms with Crippen LogP contribution < -0.4 is 5.73 Å². The summed E-state index contributed by atoms with van der Waals surface area (Å²) in [5.74, 6) is 0.122. The first-order valence-corrected chi connectivity index (χ1v) is 6.14. The van der Waals surface area contributed by atoms with Crippen molar-refractivity contribution < 1.29 is 4.79 Å². The molecular formula is C11H16N2OS. The van der Waals surface area contributed by atoms with Gasteiger partial charge in [0.25, 0.3) is 0 Å². The minimum absolute atomic E-state index is 0.00740. The maximum absolute atomic E-state index is 12.3. The van der Waals surface area contributed by atoms with Crippen molar-refractivity contribution in [1.82, 2.24) is 4.98 Å². The third kappa shape index (κ3) is 1.72. The van der Waals surface area contributed by atoms with Gasteiger partial charge in [-0.25, -0.2) is 4.98 Å². The summed E-state index contributed by atoms with van der Waals surface area (Å²) in [5.41, 5.74) is 6.22. The first kappa shape index (κ1) is 10.8. The fraction of sp³-hybridized carbons (Fsp3) is 0.636. The predicted octanol–water partition coefficient (Wildman–Crippen LogP) is 2.15. The van der Waals surface area contributed by atoms with Crippen LogP contribution in [-0.4, -0.2) is 16.8 Å². The van der Waals surface area contributed by atoms with Crippen LogP contribution in [0.1, 0.15) is 41.7 Å². The molecule has 3 nitrogen and oxygen atoms in total. The monoisotopic (exact) mass is 224 g/mol. The van der Waals surface area contributed by atoms with Gasteiger partial charge in [-0.15, -0.1) is 11.3 Å². The lowest BCUT2D eigenvalue weighted by atomic mass is 9.80. The summed E-state index contributed by atoms with van der Waals surface area (Å²) in [4.78, 5) is 16.5. The summed E-state index contributed by atoms with van der Waals surface area (Å²) in [5, 5.41) is 2.78. The van der Waals surface area contributed by atoms with Crippen LogP contribution in [0.5, 0.6) is 0 Å².